The van der Waals surface area contributed by atoms with E-state index in [0.29, 0.717) is 5.76 Å². The van der Waals surface area contributed by atoms with Gasteiger partial charge in [0, 0.05) is 12.3 Å². The highest BCUT2D eigenvalue weighted by Crippen LogP contribution is 2.33. The zero-order valence-corrected chi connectivity index (χ0v) is 14.2. The Balaban J connectivity index is 1.92. The summed E-state index contributed by atoms with van der Waals surface area (Å²) < 4.78 is 55.3. The van der Waals surface area contributed by atoms with Gasteiger partial charge in [0.1, 0.15) is 5.76 Å². The van der Waals surface area contributed by atoms with E-state index in [2.05, 4.69) is 0 Å². The van der Waals surface area contributed by atoms with Crippen LogP contribution in [0.1, 0.15) is 18.6 Å². The molecule has 0 amide bonds. The van der Waals surface area contributed by atoms with Gasteiger partial charge in [0.05, 0.1) is 22.6 Å². The van der Waals surface area contributed by atoms with Crippen molar-refractivity contribution >= 4 is 19.9 Å². The number of nitrogens with zero attached hydrogens (tertiary/aromatic N) is 1. The lowest BCUT2D eigenvalue weighted by molar-refractivity contribution is 0.356. The number of sulfonamides is 1. The third kappa shape index (κ3) is 3.49. The van der Waals surface area contributed by atoms with Crippen LogP contribution >= 0.6 is 0 Å². The van der Waals surface area contributed by atoms with Gasteiger partial charge < -0.3 is 4.42 Å². The van der Waals surface area contributed by atoms with Gasteiger partial charge in [-0.25, -0.2) is 16.8 Å². The van der Waals surface area contributed by atoms with Crippen molar-refractivity contribution in [1.29, 1.82) is 0 Å². The largest absolute Gasteiger partial charge is 0.468 e. The molecule has 0 aliphatic heterocycles. The van der Waals surface area contributed by atoms with Gasteiger partial charge in [0.15, 0.2) is 9.84 Å². The number of sulfone groups is 1. The lowest BCUT2D eigenvalue weighted by Crippen LogP contribution is -2.32. The van der Waals surface area contributed by atoms with Crippen LogP contribution in [0.5, 0.6) is 0 Å². The van der Waals surface area contributed by atoms with E-state index in [9.17, 15) is 16.8 Å². The highest BCUT2D eigenvalue weighted by atomic mass is 32.2. The number of hydrogen-bond donors (Lipinski definition) is 0. The van der Waals surface area contributed by atoms with Gasteiger partial charge in [-0.3, -0.25) is 0 Å². The van der Waals surface area contributed by atoms with E-state index in [1.165, 1.54) is 34.8 Å². The maximum atomic E-state index is 12.8. The van der Waals surface area contributed by atoms with Gasteiger partial charge in [-0.2, -0.15) is 4.31 Å². The summed E-state index contributed by atoms with van der Waals surface area (Å²) in [5.41, 5.74) is 0. The van der Waals surface area contributed by atoms with Crippen LogP contribution in [-0.2, 0) is 26.4 Å². The van der Waals surface area contributed by atoms with Crippen molar-refractivity contribution < 1.29 is 21.3 Å². The fourth-order valence-electron chi connectivity index (χ4n) is 2.32. The van der Waals surface area contributed by atoms with Crippen LogP contribution in [0.15, 0.2) is 56.9 Å². The summed E-state index contributed by atoms with van der Waals surface area (Å²) in [6.07, 6.45) is 4.24. The van der Waals surface area contributed by atoms with Crippen LogP contribution in [0.4, 0.5) is 0 Å². The SMILES string of the molecule is CS(=O)(=O)c1ccc(S(=O)(=O)N(Cc2ccco2)C2CC2)cc1. The first kappa shape index (κ1) is 16.2. The van der Waals surface area contributed by atoms with Crippen molar-refractivity contribution in [2.75, 3.05) is 6.26 Å². The van der Waals surface area contributed by atoms with E-state index in [4.69, 9.17) is 4.42 Å². The van der Waals surface area contributed by atoms with Crippen molar-refractivity contribution in [2.45, 2.75) is 35.2 Å². The average Bonchev–Trinajstić information content (AvgIpc) is 3.20. The van der Waals surface area contributed by atoms with Crippen molar-refractivity contribution in [2.24, 2.45) is 0 Å². The minimum Gasteiger partial charge on any atom is -0.468 e. The molecule has 1 aliphatic rings. The van der Waals surface area contributed by atoms with E-state index < -0.39 is 19.9 Å². The average molecular weight is 355 g/mol. The summed E-state index contributed by atoms with van der Waals surface area (Å²) >= 11 is 0. The van der Waals surface area contributed by atoms with Crippen LogP contribution in [0.3, 0.4) is 0 Å². The van der Waals surface area contributed by atoms with Gasteiger partial charge in [0.2, 0.25) is 10.0 Å². The third-order valence-electron chi connectivity index (χ3n) is 3.70. The first-order valence-corrected chi connectivity index (χ1v) is 10.5. The molecule has 0 N–H and O–H groups in total. The Bertz CT molecular complexity index is 880. The standard InChI is InChI=1S/C15H17NO5S2/c1-22(17,18)14-6-8-15(9-7-14)23(19,20)16(12-4-5-12)11-13-3-2-10-21-13/h2-3,6-10,12H,4-5,11H2,1H3. The van der Waals surface area contributed by atoms with Crippen LogP contribution in [0.2, 0.25) is 0 Å². The third-order valence-corrected chi connectivity index (χ3v) is 6.75. The highest BCUT2D eigenvalue weighted by Gasteiger charge is 2.38. The van der Waals surface area contributed by atoms with Crippen molar-refractivity contribution in [3.63, 3.8) is 0 Å². The molecule has 0 radical (unpaired) electrons. The van der Waals surface area contributed by atoms with Crippen LogP contribution < -0.4 is 0 Å². The fourth-order valence-corrected chi connectivity index (χ4v) is 4.60. The Morgan fingerprint density at radius 3 is 2.13 bits per heavy atom. The van der Waals surface area contributed by atoms with Gasteiger partial charge in [-0.15, -0.1) is 0 Å². The summed E-state index contributed by atoms with van der Waals surface area (Å²) in [4.78, 5) is 0.184. The minimum absolute atomic E-state index is 0.0281. The molecular formula is C15H17NO5S2. The summed E-state index contributed by atoms with van der Waals surface area (Å²) in [7, 11) is -7.05. The molecule has 1 aromatic carbocycles. The second-order valence-electron chi connectivity index (χ2n) is 5.60. The molecule has 1 saturated carbocycles. The summed E-state index contributed by atoms with van der Waals surface area (Å²) in [5, 5.41) is 0. The maximum absolute atomic E-state index is 12.8. The molecule has 0 atom stereocenters. The molecule has 0 bridgehead atoms. The molecular weight excluding hydrogens is 338 g/mol. The van der Waals surface area contributed by atoms with Gasteiger partial charge in [-0.1, -0.05) is 0 Å². The Morgan fingerprint density at radius 1 is 1.04 bits per heavy atom. The van der Waals surface area contributed by atoms with E-state index >= 15 is 0 Å². The van der Waals surface area contributed by atoms with Crippen LogP contribution in [0, 0.1) is 0 Å². The van der Waals surface area contributed by atoms with Gasteiger partial charge in [-0.05, 0) is 49.2 Å². The van der Waals surface area contributed by atoms with Gasteiger partial charge >= 0.3 is 0 Å². The van der Waals surface area contributed by atoms with E-state index in [1.807, 2.05) is 0 Å². The number of rotatable bonds is 6. The molecule has 1 aromatic heterocycles. The number of hydrogen-bond acceptors (Lipinski definition) is 5. The molecule has 6 nitrogen and oxygen atoms in total. The zero-order valence-electron chi connectivity index (χ0n) is 12.5. The fraction of sp³-hybridized carbons (Fsp3) is 0.333. The molecule has 1 fully saturated rings. The Labute approximate surface area is 135 Å². The Morgan fingerprint density at radius 2 is 1.65 bits per heavy atom. The number of furan rings is 1. The van der Waals surface area contributed by atoms with Crippen molar-refractivity contribution in [3.05, 3.63) is 48.4 Å². The molecule has 2 aromatic rings. The van der Waals surface area contributed by atoms with E-state index in [1.54, 1.807) is 12.1 Å². The van der Waals surface area contributed by atoms with Crippen molar-refractivity contribution in [1.82, 2.24) is 4.31 Å². The lowest BCUT2D eigenvalue weighted by Gasteiger charge is -2.21. The molecule has 0 spiro atoms. The molecule has 1 aliphatic carbocycles. The second kappa shape index (κ2) is 5.77. The summed E-state index contributed by atoms with van der Waals surface area (Å²) in [5.74, 6) is 0.577. The van der Waals surface area contributed by atoms with E-state index in [0.717, 1.165) is 19.1 Å². The molecule has 23 heavy (non-hydrogen) atoms. The molecule has 0 unspecified atom stereocenters. The Kier molecular flexibility index (Phi) is 4.07. The van der Waals surface area contributed by atoms with E-state index in [-0.39, 0.29) is 22.4 Å². The lowest BCUT2D eigenvalue weighted by atomic mass is 10.4. The number of benzene rings is 1. The van der Waals surface area contributed by atoms with Crippen molar-refractivity contribution in [3.8, 4) is 0 Å². The second-order valence-corrected chi connectivity index (χ2v) is 9.51. The normalized spacial score (nSPS) is 15.9. The molecule has 8 heteroatoms. The van der Waals surface area contributed by atoms with Gasteiger partial charge in [0.25, 0.3) is 0 Å². The topological polar surface area (TPSA) is 84.7 Å². The predicted octanol–water partition coefficient (Wildman–Crippen LogP) is 2.04. The molecule has 124 valence electrons. The zero-order chi connectivity index (χ0) is 16.7. The summed E-state index contributed by atoms with van der Waals surface area (Å²) in [6, 6.07) is 8.73. The minimum atomic E-state index is -3.70. The summed E-state index contributed by atoms with van der Waals surface area (Å²) in [6.45, 7) is 0.174. The maximum Gasteiger partial charge on any atom is 0.243 e. The molecule has 3 rings (SSSR count). The quantitative estimate of drug-likeness (QED) is 0.791. The molecule has 1 heterocycles. The monoisotopic (exact) mass is 355 g/mol. The highest BCUT2D eigenvalue weighted by molar-refractivity contribution is 7.90. The van der Waals surface area contributed by atoms with Crippen LogP contribution in [0.25, 0.3) is 0 Å². The predicted molar refractivity (Wildman–Crippen MR) is 84.0 cm³/mol. The van der Waals surface area contributed by atoms with Crippen LogP contribution in [-0.4, -0.2) is 33.4 Å². The smallest absolute Gasteiger partial charge is 0.243 e. The Hall–Kier alpha value is -1.64. The molecule has 0 saturated heterocycles. The first-order valence-electron chi connectivity index (χ1n) is 7.13. The first-order chi connectivity index (χ1) is 10.8.